The van der Waals surface area contributed by atoms with Crippen molar-refractivity contribution in [1.82, 2.24) is 5.32 Å². The molecule has 0 radical (unpaired) electrons. The number of fused-ring (bicyclic) bond motifs is 1. The van der Waals surface area contributed by atoms with E-state index < -0.39 is 0 Å². The van der Waals surface area contributed by atoms with Crippen LogP contribution in [0.1, 0.15) is 31.0 Å². The minimum Gasteiger partial charge on any atom is -0.496 e. The number of nitrogens with one attached hydrogen (secondary N) is 1. The Morgan fingerprint density at radius 3 is 2.94 bits per heavy atom. The van der Waals surface area contributed by atoms with Crippen molar-refractivity contribution in [3.05, 3.63) is 27.7 Å². The molecule has 2 rings (SSSR count). The van der Waals surface area contributed by atoms with Crippen LogP contribution in [0.25, 0.3) is 0 Å². The third-order valence-electron chi connectivity index (χ3n) is 3.17. The molecule has 2 unspecified atom stereocenters. The molecule has 1 N–H and O–H groups in total. The zero-order valence-electron chi connectivity index (χ0n) is 10.4. The number of thioether (sulfide) groups is 1. The van der Waals surface area contributed by atoms with Crippen LogP contribution in [-0.2, 0) is 5.75 Å². The third-order valence-corrected chi connectivity index (χ3v) is 5.17. The predicted molar refractivity (Wildman–Crippen MR) is 77.9 cm³/mol. The van der Waals surface area contributed by atoms with Gasteiger partial charge in [0, 0.05) is 27.1 Å². The Bertz CT molecular complexity index is 411. The summed E-state index contributed by atoms with van der Waals surface area (Å²) in [4.78, 5) is 0. The molecule has 0 amide bonds. The Hall–Kier alpha value is -0.190. The molecule has 1 aliphatic heterocycles. The first-order valence-electron chi connectivity index (χ1n) is 5.89. The van der Waals surface area contributed by atoms with E-state index >= 15 is 0 Å². The number of hydrogen-bond acceptors (Lipinski definition) is 3. The molecule has 1 aromatic rings. The van der Waals surface area contributed by atoms with E-state index in [-0.39, 0.29) is 0 Å². The summed E-state index contributed by atoms with van der Waals surface area (Å²) in [5.74, 6) is 2.05. The van der Waals surface area contributed by atoms with Crippen molar-refractivity contribution in [2.75, 3.05) is 13.7 Å². The van der Waals surface area contributed by atoms with Crippen molar-refractivity contribution < 1.29 is 4.74 Å². The molecule has 17 heavy (non-hydrogen) atoms. The van der Waals surface area contributed by atoms with Gasteiger partial charge < -0.3 is 10.1 Å². The zero-order valence-corrected chi connectivity index (χ0v) is 12.8. The van der Waals surface area contributed by atoms with E-state index in [1.807, 2.05) is 11.8 Å². The number of hydrogen-bond donors (Lipinski definition) is 1. The minimum atomic E-state index is 0.376. The molecular weight excluding hydrogens is 298 g/mol. The van der Waals surface area contributed by atoms with Gasteiger partial charge in [-0.05, 0) is 24.2 Å². The van der Waals surface area contributed by atoms with Crippen LogP contribution < -0.4 is 10.1 Å². The topological polar surface area (TPSA) is 21.3 Å². The molecule has 0 saturated heterocycles. The Morgan fingerprint density at radius 2 is 2.29 bits per heavy atom. The zero-order chi connectivity index (χ0) is 12.4. The van der Waals surface area contributed by atoms with Gasteiger partial charge in [-0.1, -0.05) is 29.8 Å². The van der Waals surface area contributed by atoms with Gasteiger partial charge >= 0.3 is 0 Å². The maximum Gasteiger partial charge on any atom is 0.124 e. The average molecular weight is 316 g/mol. The highest BCUT2D eigenvalue weighted by Crippen LogP contribution is 2.44. The Kier molecular flexibility index (Phi) is 4.39. The molecular formula is C13H18BrNOS. The largest absolute Gasteiger partial charge is 0.496 e. The molecule has 94 valence electrons. The smallest absolute Gasteiger partial charge is 0.124 e. The van der Waals surface area contributed by atoms with E-state index in [4.69, 9.17) is 4.74 Å². The summed E-state index contributed by atoms with van der Waals surface area (Å²) in [6.07, 6.45) is 0. The van der Waals surface area contributed by atoms with E-state index in [0.29, 0.717) is 11.3 Å². The fourth-order valence-electron chi connectivity index (χ4n) is 2.32. The number of methoxy groups -OCH3 is 1. The number of ether oxygens (including phenoxy) is 1. The van der Waals surface area contributed by atoms with Crippen molar-refractivity contribution in [2.45, 2.75) is 30.9 Å². The van der Waals surface area contributed by atoms with Gasteiger partial charge in [-0.15, -0.1) is 0 Å². The van der Waals surface area contributed by atoms with Crippen LogP contribution in [0.15, 0.2) is 16.6 Å². The Morgan fingerprint density at radius 1 is 1.53 bits per heavy atom. The first-order chi connectivity index (χ1) is 8.19. The standard InChI is InChI=1S/C13H18BrNOS/c1-4-15-13-8(2)17-7-9-10(14)5-6-11(16-3)12(9)13/h5-6,8,13,15H,4,7H2,1-3H3. The summed E-state index contributed by atoms with van der Waals surface area (Å²) >= 11 is 5.64. The van der Waals surface area contributed by atoms with Gasteiger partial charge in [0.25, 0.3) is 0 Å². The van der Waals surface area contributed by atoms with Crippen molar-refractivity contribution in [3.8, 4) is 5.75 Å². The average Bonchev–Trinajstić information content (AvgIpc) is 2.33. The Balaban J connectivity index is 2.51. The predicted octanol–water partition coefficient (Wildman–Crippen LogP) is 3.74. The SMILES string of the molecule is CCNC1c2c(OC)ccc(Br)c2CSC1C. The first-order valence-corrected chi connectivity index (χ1v) is 7.73. The molecule has 1 heterocycles. The second kappa shape index (κ2) is 5.63. The van der Waals surface area contributed by atoms with Crippen LogP contribution in [-0.4, -0.2) is 18.9 Å². The van der Waals surface area contributed by atoms with Crippen LogP contribution in [0.4, 0.5) is 0 Å². The second-order valence-corrected chi connectivity index (χ2v) is 6.41. The lowest BCUT2D eigenvalue weighted by molar-refractivity contribution is 0.397. The summed E-state index contributed by atoms with van der Waals surface area (Å²) in [5, 5.41) is 4.15. The van der Waals surface area contributed by atoms with Crippen LogP contribution in [0.3, 0.4) is 0 Å². The molecule has 0 fully saturated rings. The third kappa shape index (κ3) is 2.49. The van der Waals surface area contributed by atoms with E-state index in [0.717, 1.165) is 18.0 Å². The van der Waals surface area contributed by atoms with Gasteiger partial charge in [0.2, 0.25) is 0 Å². The molecule has 0 bridgehead atoms. The summed E-state index contributed by atoms with van der Waals surface area (Å²) in [6.45, 7) is 5.40. The fraction of sp³-hybridized carbons (Fsp3) is 0.538. The summed E-state index contributed by atoms with van der Waals surface area (Å²) in [6, 6.07) is 4.51. The molecule has 1 aromatic carbocycles. The molecule has 0 spiro atoms. The highest BCUT2D eigenvalue weighted by molar-refractivity contribution is 9.10. The van der Waals surface area contributed by atoms with Gasteiger partial charge in [0.1, 0.15) is 5.75 Å². The van der Waals surface area contributed by atoms with Gasteiger partial charge in [-0.3, -0.25) is 0 Å². The lowest BCUT2D eigenvalue weighted by Crippen LogP contribution is -2.32. The highest BCUT2D eigenvalue weighted by atomic mass is 79.9. The van der Waals surface area contributed by atoms with Gasteiger partial charge in [0.05, 0.1) is 7.11 Å². The van der Waals surface area contributed by atoms with Crippen molar-refractivity contribution in [2.24, 2.45) is 0 Å². The summed E-state index contributed by atoms with van der Waals surface area (Å²) in [5.41, 5.74) is 2.70. The fourth-order valence-corrected chi connectivity index (χ4v) is 4.15. The number of halogens is 1. The van der Waals surface area contributed by atoms with Crippen LogP contribution >= 0.6 is 27.7 Å². The lowest BCUT2D eigenvalue weighted by Gasteiger charge is -2.33. The molecule has 2 atom stereocenters. The van der Waals surface area contributed by atoms with E-state index in [2.05, 4.69) is 47.2 Å². The maximum absolute atomic E-state index is 5.52. The van der Waals surface area contributed by atoms with Gasteiger partial charge in [-0.25, -0.2) is 0 Å². The van der Waals surface area contributed by atoms with Crippen LogP contribution in [0.5, 0.6) is 5.75 Å². The van der Waals surface area contributed by atoms with E-state index in [9.17, 15) is 0 Å². The van der Waals surface area contributed by atoms with Crippen LogP contribution in [0, 0.1) is 0 Å². The quantitative estimate of drug-likeness (QED) is 0.918. The normalized spacial score (nSPS) is 23.3. The molecule has 1 aliphatic rings. The Labute approximate surface area is 116 Å². The number of benzene rings is 1. The maximum atomic E-state index is 5.52. The van der Waals surface area contributed by atoms with E-state index in [1.165, 1.54) is 15.6 Å². The highest BCUT2D eigenvalue weighted by Gasteiger charge is 2.30. The van der Waals surface area contributed by atoms with Crippen LogP contribution in [0.2, 0.25) is 0 Å². The van der Waals surface area contributed by atoms with Gasteiger partial charge in [-0.2, -0.15) is 11.8 Å². The monoisotopic (exact) mass is 315 g/mol. The van der Waals surface area contributed by atoms with Crippen molar-refractivity contribution in [3.63, 3.8) is 0 Å². The molecule has 0 aromatic heterocycles. The summed E-state index contributed by atoms with van der Waals surface area (Å²) < 4.78 is 6.71. The van der Waals surface area contributed by atoms with Crippen molar-refractivity contribution in [1.29, 1.82) is 0 Å². The first kappa shape index (κ1) is 13.2. The number of rotatable bonds is 3. The van der Waals surface area contributed by atoms with Crippen molar-refractivity contribution >= 4 is 27.7 Å². The second-order valence-electron chi connectivity index (χ2n) is 4.19. The van der Waals surface area contributed by atoms with Gasteiger partial charge in [0.15, 0.2) is 0 Å². The molecule has 0 aliphatic carbocycles. The van der Waals surface area contributed by atoms with E-state index in [1.54, 1.807) is 7.11 Å². The summed E-state index contributed by atoms with van der Waals surface area (Å²) in [7, 11) is 1.75. The minimum absolute atomic E-state index is 0.376. The lowest BCUT2D eigenvalue weighted by atomic mass is 9.97. The molecule has 4 heteroatoms. The molecule has 2 nitrogen and oxygen atoms in total. The molecule has 0 saturated carbocycles.